The number of nitrogens with zero attached hydrogens (tertiary/aromatic N) is 1. The monoisotopic (exact) mass is 603 g/mol. The molecule has 236 valence electrons. The van der Waals surface area contributed by atoms with E-state index in [0.717, 1.165) is 55.2 Å². The molecule has 3 aromatic rings. The predicted molar refractivity (Wildman–Crippen MR) is 175 cm³/mol. The van der Waals surface area contributed by atoms with Gasteiger partial charge in [-0.05, 0) is 79.9 Å². The predicted octanol–water partition coefficient (Wildman–Crippen LogP) is 7.80. The summed E-state index contributed by atoms with van der Waals surface area (Å²) < 4.78 is 18.8. The zero-order chi connectivity index (χ0) is 31.6. The molecule has 0 bridgehead atoms. The first-order valence-corrected chi connectivity index (χ1v) is 15.6. The molecule has 0 unspecified atom stereocenters. The van der Waals surface area contributed by atoms with Gasteiger partial charge in [-0.2, -0.15) is 0 Å². The number of quaternary nitrogens is 1. The number of hydrogen-bond acceptors (Lipinski definition) is 5. The maximum absolute atomic E-state index is 13.0. The Morgan fingerprint density at radius 1 is 0.795 bits per heavy atom. The Morgan fingerprint density at radius 2 is 1.45 bits per heavy atom. The topological polar surface area (TPSA) is 97.9 Å². The highest BCUT2D eigenvalue weighted by Gasteiger charge is 2.46. The van der Waals surface area contributed by atoms with Gasteiger partial charge < -0.3 is 30.2 Å². The van der Waals surface area contributed by atoms with Crippen molar-refractivity contribution in [1.29, 1.82) is 0 Å². The summed E-state index contributed by atoms with van der Waals surface area (Å²) in [5.74, 6) is 2.13. The number of methoxy groups -OCH3 is 1. The van der Waals surface area contributed by atoms with Gasteiger partial charge in [0.05, 0.1) is 28.3 Å². The third-order valence-electron chi connectivity index (χ3n) is 8.11. The van der Waals surface area contributed by atoms with E-state index >= 15 is 0 Å². The second-order valence-electron chi connectivity index (χ2n) is 12.2. The van der Waals surface area contributed by atoms with E-state index in [4.69, 9.17) is 14.2 Å². The van der Waals surface area contributed by atoms with Crippen LogP contribution >= 0.6 is 0 Å². The fraction of sp³-hybridized carbons (Fsp3) is 0.429. The summed E-state index contributed by atoms with van der Waals surface area (Å²) >= 11 is 0. The van der Waals surface area contributed by atoms with Crippen molar-refractivity contribution in [3.8, 4) is 23.0 Å². The lowest BCUT2D eigenvalue weighted by molar-refractivity contribution is -0.947. The summed E-state index contributed by atoms with van der Waals surface area (Å²) in [6.07, 6.45) is 8.74. The van der Waals surface area contributed by atoms with Gasteiger partial charge in [0.1, 0.15) is 11.5 Å². The van der Waals surface area contributed by atoms with Gasteiger partial charge in [-0.15, -0.1) is 0 Å². The van der Waals surface area contributed by atoms with Crippen molar-refractivity contribution in [2.75, 3.05) is 45.4 Å². The molecule has 1 fully saturated rings. The van der Waals surface area contributed by atoms with E-state index < -0.39 is 0 Å². The molecular weight excluding hydrogens is 556 g/mol. The third kappa shape index (κ3) is 8.66. The molecule has 1 aliphatic rings. The number of nitrogens with one attached hydrogen (secondary N) is 3. The van der Waals surface area contributed by atoms with Crippen molar-refractivity contribution < 1.29 is 28.3 Å². The molecule has 0 aliphatic heterocycles. The van der Waals surface area contributed by atoms with E-state index in [1.165, 1.54) is 6.42 Å². The van der Waals surface area contributed by atoms with Crippen LogP contribution in [0.4, 0.5) is 16.2 Å². The Kier molecular flexibility index (Phi) is 11.1. The van der Waals surface area contributed by atoms with Gasteiger partial charge in [0.15, 0.2) is 11.5 Å². The number of rotatable bonds is 13. The smallest absolute Gasteiger partial charge is 0.319 e. The van der Waals surface area contributed by atoms with E-state index in [-0.39, 0.29) is 17.7 Å². The maximum Gasteiger partial charge on any atom is 0.319 e. The van der Waals surface area contributed by atoms with Gasteiger partial charge >= 0.3 is 6.03 Å². The zero-order valence-corrected chi connectivity index (χ0v) is 26.7. The average Bonchev–Trinajstić information content (AvgIpc) is 3.01. The van der Waals surface area contributed by atoms with Crippen molar-refractivity contribution in [3.05, 3.63) is 72.3 Å². The summed E-state index contributed by atoms with van der Waals surface area (Å²) in [5.41, 5.74) is 1.54. The molecule has 0 saturated heterocycles. The minimum atomic E-state index is -0.258. The number of hydrogen-bond donors (Lipinski definition) is 3. The van der Waals surface area contributed by atoms with Crippen LogP contribution < -0.4 is 30.2 Å². The van der Waals surface area contributed by atoms with E-state index in [9.17, 15) is 9.59 Å². The second kappa shape index (κ2) is 15.0. The van der Waals surface area contributed by atoms with Crippen LogP contribution in [0.3, 0.4) is 0 Å². The number of carbonyl (C=O) groups is 2. The summed E-state index contributed by atoms with van der Waals surface area (Å²) in [4.78, 5) is 25.1. The summed E-state index contributed by atoms with van der Waals surface area (Å²) in [6.45, 7) is 2.76. The van der Waals surface area contributed by atoms with E-state index in [1.54, 1.807) is 61.7 Å². The number of urea groups is 1. The van der Waals surface area contributed by atoms with Gasteiger partial charge in [0.25, 0.3) is 5.91 Å². The fourth-order valence-corrected chi connectivity index (χ4v) is 5.43. The number of carbonyl (C=O) groups excluding carboxylic acids is 2. The number of amides is 3. The summed E-state index contributed by atoms with van der Waals surface area (Å²) in [5, 5.41) is 8.61. The lowest BCUT2D eigenvalue weighted by Gasteiger charge is -2.47. The molecular formula is C35H47N4O5+. The lowest BCUT2D eigenvalue weighted by atomic mass is 9.89. The van der Waals surface area contributed by atoms with Crippen molar-refractivity contribution in [2.24, 2.45) is 0 Å². The average molecular weight is 604 g/mol. The van der Waals surface area contributed by atoms with Gasteiger partial charge in [-0.3, -0.25) is 9.28 Å². The largest absolute Gasteiger partial charge is 0.493 e. The molecule has 0 aromatic heterocycles. The normalized spacial score (nSPS) is 14.3. The van der Waals surface area contributed by atoms with Gasteiger partial charge in [0.2, 0.25) is 5.72 Å². The quantitative estimate of drug-likeness (QED) is 0.105. The number of anilines is 2. The van der Waals surface area contributed by atoms with E-state index in [0.29, 0.717) is 40.7 Å². The molecule has 9 heteroatoms. The van der Waals surface area contributed by atoms with Crippen molar-refractivity contribution in [3.63, 3.8) is 0 Å². The highest BCUT2D eigenvalue weighted by Crippen LogP contribution is 2.38. The van der Waals surface area contributed by atoms with Crippen LogP contribution in [-0.2, 0) is 0 Å². The first-order chi connectivity index (χ1) is 21.1. The van der Waals surface area contributed by atoms with Crippen LogP contribution in [-0.4, -0.2) is 56.9 Å². The second-order valence-corrected chi connectivity index (χ2v) is 12.2. The van der Waals surface area contributed by atoms with Crippen molar-refractivity contribution >= 4 is 23.3 Å². The highest BCUT2D eigenvalue weighted by atomic mass is 16.5. The molecule has 3 amide bonds. The molecule has 0 atom stereocenters. The Labute approximate surface area is 261 Å². The first-order valence-electron chi connectivity index (χ1n) is 15.6. The molecule has 1 aliphatic carbocycles. The number of benzene rings is 3. The van der Waals surface area contributed by atoms with Crippen LogP contribution in [0.5, 0.6) is 23.0 Å². The molecule has 0 radical (unpaired) electrons. The van der Waals surface area contributed by atoms with Crippen LogP contribution in [0.15, 0.2) is 66.7 Å². The van der Waals surface area contributed by atoms with Crippen LogP contribution in [0.25, 0.3) is 0 Å². The minimum Gasteiger partial charge on any atom is -0.493 e. The molecule has 9 nitrogen and oxygen atoms in total. The molecule has 4 rings (SSSR count). The van der Waals surface area contributed by atoms with E-state index in [1.807, 2.05) is 12.1 Å². The highest BCUT2D eigenvalue weighted by molar-refractivity contribution is 6.04. The molecule has 1 saturated carbocycles. The standard InChI is InChI=1S/C35H46N4O5/c1-6-7-11-24-36-34(41)38-28-16-21-31(32(25-28)42-5)43-29-19-14-27(15-20-29)37-33(40)26-12-17-30(18-13-26)44-35(39(2,3)4)22-9-8-10-23-35/h12-21,25H,6-11,22-24H2,1-5H3,(H2-,36,37,38,40,41)/p+1. The SMILES string of the molecule is CCCCCNC(=O)Nc1ccc(Oc2ccc(NC(=O)c3ccc(OC4([N+](C)(C)C)CCCCC4)cc3)cc2)c(OC)c1. The van der Waals surface area contributed by atoms with Gasteiger partial charge in [0, 0.05) is 42.4 Å². The molecule has 0 spiro atoms. The molecule has 3 aromatic carbocycles. The van der Waals surface area contributed by atoms with Crippen LogP contribution in [0.2, 0.25) is 0 Å². The first kappa shape index (κ1) is 32.7. The third-order valence-corrected chi connectivity index (χ3v) is 8.11. The number of unbranched alkanes of at least 4 members (excludes halogenated alkanes) is 2. The minimum absolute atomic E-state index is 0.205. The Balaban J connectivity index is 1.32. The Hall–Kier alpha value is -4.24. The number of ether oxygens (including phenoxy) is 3. The Bertz CT molecular complexity index is 1380. The van der Waals surface area contributed by atoms with Crippen molar-refractivity contribution in [1.82, 2.24) is 5.32 Å². The lowest BCUT2D eigenvalue weighted by Crippen LogP contribution is -2.61. The fourth-order valence-electron chi connectivity index (χ4n) is 5.43. The van der Waals surface area contributed by atoms with Gasteiger partial charge in [-0.25, -0.2) is 4.79 Å². The van der Waals surface area contributed by atoms with Crippen LogP contribution in [0, 0.1) is 0 Å². The van der Waals surface area contributed by atoms with E-state index in [2.05, 4.69) is 44.0 Å². The van der Waals surface area contributed by atoms with Crippen molar-refractivity contribution in [2.45, 2.75) is 64.0 Å². The maximum atomic E-state index is 13.0. The van der Waals surface area contributed by atoms with Crippen LogP contribution in [0.1, 0.15) is 68.6 Å². The molecule has 44 heavy (non-hydrogen) atoms. The summed E-state index contributed by atoms with van der Waals surface area (Å²) in [6, 6.07) is 19.4. The zero-order valence-electron chi connectivity index (χ0n) is 26.7. The molecule has 0 heterocycles. The summed E-state index contributed by atoms with van der Waals surface area (Å²) in [7, 11) is 8.11. The Morgan fingerprint density at radius 3 is 2.09 bits per heavy atom. The van der Waals surface area contributed by atoms with Gasteiger partial charge in [-0.1, -0.05) is 26.2 Å². The molecule has 3 N–H and O–H groups in total.